The van der Waals surface area contributed by atoms with Crippen LogP contribution in [0.4, 0.5) is 0 Å². The molecule has 23 heavy (non-hydrogen) atoms. The monoisotopic (exact) mass is 392 g/mol. The van der Waals surface area contributed by atoms with Gasteiger partial charge in [-0.3, -0.25) is 4.79 Å². The molecule has 1 aromatic heterocycles. The molecule has 0 bridgehead atoms. The first-order valence-corrected chi connectivity index (χ1v) is 9.60. The third kappa shape index (κ3) is 4.92. The van der Waals surface area contributed by atoms with Crippen LogP contribution < -0.4 is 10.0 Å². The molecule has 0 aliphatic rings. The summed E-state index contributed by atoms with van der Waals surface area (Å²) in [5.74, 6) is -0.208. The smallest absolute Gasteiger partial charge is 0.249 e. The van der Waals surface area contributed by atoms with Gasteiger partial charge in [-0.1, -0.05) is 29.3 Å². The highest BCUT2D eigenvalue weighted by Crippen LogP contribution is 2.22. The van der Waals surface area contributed by atoms with E-state index in [4.69, 9.17) is 23.2 Å². The van der Waals surface area contributed by atoms with Crippen LogP contribution >= 0.6 is 34.5 Å². The lowest BCUT2D eigenvalue weighted by Crippen LogP contribution is -2.24. The summed E-state index contributed by atoms with van der Waals surface area (Å²) in [7, 11) is -2.09. The second-order valence-corrected chi connectivity index (χ2v) is 8.74. The minimum Gasteiger partial charge on any atom is -0.351 e. The number of halogens is 2. The maximum absolute atomic E-state index is 12.0. The summed E-state index contributed by atoms with van der Waals surface area (Å²) in [6, 6.07) is 8.13. The molecule has 0 radical (unpaired) electrons. The van der Waals surface area contributed by atoms with E-state index in [2.05, 4.69) is 10.0 Å². The second kappa shape index (κ2) is 7.63. The Morgan fingerprint density at radius 3 is 2.61 bits per heavy atom. The quantitative estimate of drug-likeness (QED) is 0.793. The van der Waals surface area contributed by atoms with Gasteiger partial charge in [0.25, 0.3) is 0 Å². The Morgan fingerprint density at radius 2 is 1.96 bits per heavy atom. The van der Waals surface area contributed by atoms with Gasteiger partial charge in [-0.15, -0.1) is 11.3 Å². The number of carbonyl (C=O) groups excluding carboxylic acids is 1. The number of carbonyl (C=O) groups is 1. The molecule has 0 spiro atoms. The van der Waals surface area contributed by atoms with Crippen LogP contribution in [0.2, 0.25) is 10.0 Å². The fourth-order valence-electron chi connectivity index (χ4n) is 1.78. The molecule has 2 aromatic rings. The van der Waals surface area contributed by atoms with E-state index in [1.54, 1.807) is 24.3 Å². The minimum atomic E-state index is -3.45. The van der Waals surface area contributed by atoms with Crippen molar-refractivity contribution < 1.29 is 13.2 Å². The molecule has 0 aliphatic heterocycles. The summed E-state index contributed by atoms with van der Waals surface area (Å²) in [6.45, 7) is 0.258. The van der Waals surface area contributed by atoms with Crippen LogP contribution in [0, 0.1) is 0 Å². The van der Waals surface area contributed by atoms with E-state index in [9.17, 15) is 13.2 Å². The Bertz CT molecular complexity index is 819. The van der Waals surface area contributed by atoms with Crippen molar-refractivity contribution in [1.29, 1.82) is 0 Å². The zero-order valence-electron chi connectivity index (χ0n) is 12.1. The number of rotatable bonds is 6. The van der Waals surface area contributed by atoms with Crippen molar-refractivity contribution >= 4 is 50.5 Å². The van der Waals surface area contributed by atoms with Gasteiger partial charge in [0, 0.05) is 14.9 Å². The molecule has 2 N–H and O–H groups in total. The van der Waals surface area contributed by atoms with Gasteiger partial charge in [0.2, 0.25) is 15.9 Å². The molecule has 1 aromatic carbocycles. The third-order valence-electron chi connectivity index (χ3n) is 3.00. The summed E-state index contributed by atoms with van der Waals surface area (Å²) in [6.07, 6.45) is 0.128. The first kappa shape index (κ1) is 18.2. The zero-order chi connectivity index (χ0) is 17.0. The SMILES string of the molecule is CNS(=O)(=O)c1ccc(CNC(=O)Cc2ccc(Cl)cc2Cl)s1. The van der Waals surface area contributed by atoms with Crippen LogP contribution in [0.1, 0.15) is 10.4 Å². The fourth-order valence-corrected chi connectivity index (χ4v) is 4.39. The van der Waals surface area contributed by atoms with Crippen LogP contribution in [0.5, 0.6) is 0 Å². The standard InChI is InChI=1S/C14H14Cl2N2O3S2/c1-17-23(20,21)14-5-4-11(22-14)8-18-13(19)6-9-2-3-10(15)7-12(9)16/h2-5,7,17H,6,8H2,1H3,(H,18,19). The molecule has 1 heterocycles. The van der Waals surface area contributed by atoms with Crippen molar-refractivity contribution in [2.45, 2.75) is 17.2 Å². The lowest BCUT2D eigenvalue weighted by molar-refractivity contribution is -0.120. The largest absolute Gasteiger partial charge is 0.351 e. The molecular weight excluding hydrogens is 379 g/mol. The summed E-state index contributed by atoms with van der Waals surface area (Å²) in [4.78, 5) is 12.7. The van der Waals surface area contributed by atoms with Gasteiger partial charge in [-0.2, -0.15) is 0 Å². The maximum Gasteiger partial charge on any atom is 0.249 e. The number of thiophene rings is 1. The van der Waals surface area contributed by atoms with Crippen molar-refractivity contribution in [2.75, 3.05) is 7.05 Å². The van der Waals surface area contributed by atoms with Crippen molar-refractivity contribution in [1.82, 2.24) is 10.0 Å². The van der Waals surface area contributed by atoms with Crippen LogP contribution in [0.15, 0.2) is 34.5 Å². The topological polar surface area (TPSA) is 75.3 Å². The number of amides is 1. The highest BCUT2D eigenvalue weighted by molar-refractivity contribution is 7.91. The van der Waals surface area contributed by atoms with Gasteiger partial charge in [-0.25, -0.2) is 13.1 Å². The summed E-state index contributed by atoms with van der Waals surface area (Å²) in [5, 5.41) is 3.68. The number of hydrogen-bond acceptors (Lipinski definition) is 4. The molecule has 0 saturated heterocycles. The zero-order valence-corrected chi connectivity index (χ0v) is 15.2. The molecule has 5 nitrogen and oxygen atoms in total. The molecule has 0 saturated carbocycles. The van der Waals surface area contributed by atoms with Crippen LogP contribution in [-0.4, -0.2) is 21.4 Å². The van der Waals surface area contributed by atoms with Crippen molar-refractivity contribution in [3.05, 3.63) is 50.8 Å². The fraction of sp³-hybridized carbons (Fsp3) is 0.214. The molecule has 0 atom stereocenters. The average Bonchev–Trinajstić information content (AvgIpc) is 2.98. The van der Waals surface area contributed by atoms with Crippen molar-refractivity contribution in [3.8, 4) is 0 Å². The molecule has 1 amide bonds. The third-order valence-corrected chi connectivity index (χ3v) is 6.57. The Morgan fingerprint density at radius 1 is 1.22 bits per heavy atom. The number of hydrogen-bond donors (Lipinski definition) is 2. The van der Waals surface area contributed by atoms with Gasteiger partial charge in [0.15, 0.2) is 0 Å². The van der Waals surface area contributed by atoms with E-state index in [-0.39, 0.29) is 23.1 Å². The Kier molecular flexibility index (Phi) is 6.05. The van der Waals surface area contributed by atoms with E-state index in [0.717, 1.165) is 16.2 Å². The van der Waals surface area contributed by atoms with Gasteiger partial charge >= 0.3 is 0 Å². The molecule has 0 fully saturated rings. The Balaban J connectivity index is 1.94. The van der Waals surface area contributed by atoms with Crippen LogP contribution in [-0.2, 0) is 27.8 Å². The molecule has 9 heteroatoms. The normalized spacial score (nSPS) is 11.4. The first-order valence-electron chi connectivity index (χ1n) is 6.54. The van der Waals surface area contributed by atoms with Gasteiger partial charge < -0.3 is 5.32 Å². The lowest BCUT2D eigenvalue weighted by Gasteiger charge is -2.06. The number of benzene rings is 1. The summed E-state index contributed by atoms with van der Waals surface area (Å²) < 4.78 is 25.8. The second-order valence-electron chi connectivity index (χ2n) is 4.62. The van der Waals surface area contributed by atoms with E-state index in [1.165, 1.54) is 13.1 Å². The average molecular weight is 393 g/mol. The van der Waals surface area contributed by atoms with E-state index < -0.39 is 10.0 Å². The highest BCUT2D eigenvalue weighted by Gasteiger charge is 2.14. The van der Waals surface area contributed by atoms with E-state index in [1.807, 2.05) is 0 Å². The number of nitrogens with one attached hydrogen (secondary N) is 2. The first-order chi connectivity index (χ1) is 10.8. The van der Waals surface area contributed by atoms with Gasteiger partial charge in [0.05, 0.1) is 13.0 Å². The van der Waals surface area contributed by atoms with Crippen molar-refractivity contribution in [3.63, 3.8) is 0 Å². The van der Waals surface area contributed by atoms with Crippen LogP contribution in [0.3, 0.4) is 0 Å². The summed E-state index contributed by atoms with van der Waals surface area (Å²) >= 11 is 12.9. The van der Waals surface area contributed by atoms with Crippen LogP contribution in [0.25, 0.3) is 0 Å². The summed E-state index contributed by atoms with van der Waals surface area (Å²) in [5.41, 5.74) is 0.679. The predicted octanol–water partition coefficient (Wildman–Crippen LogP) is 2.82. The van der Waals surface area contributed by atoms with Crippen molar-refractivity contribution in [2.24, 2.45) is 0 Å². The molecule has 2 rings (SSSR count). The lowest BCUT2D eigenvalue weighted by atomic mass is 10.1. The molecule has 0 unspecified atom stereocenters. The predicted molar refractivity (Wildman–Crippen MR) is 92.6 cm³/mol. The maximum atomic E-state index is 12.0. The highest BCUT2D eigenvalue weighted by atomic mass is 35.5. The van der Waals surface area contributed by atoms with Gasteiger partial charge in [-0.05, 0) is 36.9 Å². The minimum absolute atomic E-state index is 0.128. The molecular formula is C14H14Cl2N2O3S2. The molecule has 124 valence electrons. The molecule has 0 aliphatic carbocycles. The van der Waals surface area contributed by atoms with E-state index in [0.29, 0.717) is 15.6 Å². The Labute approximate surface area is 148 Å². The number of sulfonamides is 1. The Hall–Kier alpha value is -1.12. The van der Waals surface area contributed by atoms with Gasteiger partial charge in [0.1, 0.15) is 4.21 Å². The van der Waals surface area contributed by atoms with E-state index >= 15 is 0 Å².